The van der Waals surface area contributed by atoms with Crippen LogP contribution < -0.4 is 0 Å². The zero-order chi connectivity index (χ0) is 15.0. The second-order valence-electron chi connectivity index (χ2n) is 5.17. The summed E-state index contributed by atoms with van der Waals surface area (Å²) in [6.07, 6.45) is 2.06. The second-order valence-corrected chi connectivity index (χ2v) is 5.17. The van der Waals surface area contributed by atoms with Crippen molar-refractivity contribution in [1.82, 2.24) is 5.06 Å². The molecular weight excluding hydrogens is 274 g/mol. The molecule has 0 spiro atoms. The quantitative estimate of drug-likeness (QED) is 0.789. The lowest BCUT2D eigenvalue weighted by atomic mass is 10.1. The van der Waals surface area contributed by atoms with E-state index in [1.807, 2.05) is 0 Å². The van der Waals surface area contributed by atoms with Gasteiger partial charge in [0, 0.05) is 7.11 Å². The van der Waals surface area contributed by atoms with E-state index in [1.165, 1.54) is 19.2 Å². The lowest BCUT2D eigenvalue weighted by Crippen LogP contribution is -2.37. The number of hydrogen-bond donors (Lipinski definition) is 0. The Balaban J connectivity index is 1.76. The Morgan fingerprint density at radius 2 is 1.76 bits per heavy atom. The molecule has 1 aromatic carbocycles. The molecule has 2 atom stereocenters. The molecule has 21 heavy (non-hydrogen) atoms. The van der Waals surface area contributed by atoms with E-state index in [0.717, 1.165) is 12.8 Å². The van der Waals surface area contributed by atoms with Gasteiger partial charge in [-0.3, -0.25) is 9.59 Å². The molecule has 0 N–H and O–H groups in total. The van der Waals surface area contributed by atoms with Gasteiger partial charge in [0.15, 0.2) is 0 Å². The summed E-state index contributed by atoms with van der Waals surface area (Å²) in [4.78, 5) is 41.4. The van der Waals surface area contributed by atoms with E-state index >= 15 is 0 Å². The first-order chi connectivity index (χ1) is 10.1. The number of hydroxylamine groups is 2. The maximum atomic E-state index is 12.2. The van der Waals surface area contributed by atoms with E-state index in [4.69, 9.17) is 9.57 Å². The van der Waals surface area contributed by atoms with Crippen molar-refractivity contribution < 1.29 is 24.0 Å². The molecule has 1 aliphatic carbocycles. The molecule has 6 nitrogen and oxygen atoms in total. The van der Waals surface area contributed by atoms with Gasteiger partial charge in [0.25, 0.3) is 11.8 Å². The van der Waals surface area contributed by atoms with E-state index in [0.29, 0.717) is 11.5 Å². The first kappa shape index (κ1) is 13.8. The first-order valence-corrected chi connectivity index (χ1v) is 6.86. The Morgan fingerprint density at radius 1 is 1.14 bits per heavy atom. The summed E-state index contributed by atoms with van der Waals surface area (Å²) in [5.74, 6) is -2.22. The van der Waals surface area contributed by atoms with Gasteiger partial charge in [-0.05, 0) is 31.4 Å². The van der Waals surface area contributed by atoms with E-state index in [9.17, 15) is 14.4 Å². The van der Waals surface area contributed by atoms with Crippen LogP contribution in [-0.2, 0) is 14.4 Å². The third-order valence-electron chi connectivity index (χ3n) is 4.00. The van der Waals surface area contributed by atoms with Gasteiger partial charge in [-0.1, -0.05) is 17.2 Å². The molecule has 6 heteroatoms. The summed E-state index contributed by atoms with van der Waals surface area (Å²) < 4.78 is 5.24. The molecule has 110 valence electrons. The van der Waals surface area contributed by atoms with Crippen LogP contribution in [0.4, 0.5) is 0 Å². The Bertz CT molecular complexity index is 577. The number of carbonyl (C=O) groups is 3. The van der Waals surface area contributed by atoms with Gasteiger partial charge in [0.1, 0.15) is 0 Å². The third kappa shape index (κ3) is 2.21. The molecule has 1 aromatic rings. The lowest BCUT2D eigenvalue weighted by molar-refractivity contribution is -0.177. The minimum atomic E-state index is -0.601. The Kier molecular flexibility index (Phi) is 3.47. The summed E-state index contributed by atoms with van der Waals surface area (Å²) in [6, 6.07) is 6.40. The minimum absolute atomic E-state index is 0.215. The van der Waals surface area contributed by atoms with Gasteiger partial charge in [-0.15, -0.1) is 0 Å². The number of imide groups is 1. The van der Waals surface area contributed by atoms with Crippen LogP contribution in [0.5, 0.6) is 0 Å². The predicted molar refractivity (Wildman–Crippen MR) is 71.2 cm³/mol. The van der Waals surface area contributed by atoms with Crippen molar-refractivity contribution in [1.29, 1.82) is 0 Å². The molecule has 0 saturated heterocycles. The molecule has 2 unspecified atom stereocenters. The average molecular weight is 289 g/mol. The maximum absolute atomic E-state index is 12.2. The number of amides is 2. The SMILES string of the molecule is COC1CCCC1C(=O)ON1C(=O)c2ccccc2C1=O. The van der Waals surface area contributed by atoms with Crippen molar-refractivity contribution in [2.45, 2.75) is 25.4 Å². The van der Waals surface area contributed by atoms with Crippen LogP contribution in [0.25, 0.3) is 0 Å². The van der Waals surface area contributed by atoms with E-state index in [2.05, 4.69) is 0 Å². The Hall–Kier alpha value is -2.21. The fourth-order valence-electron chi connectivity index (χ4n) is 2.89. The van der Waals surface area contributed by atoms with Crippen LogP contribution in [0.15, 0.2) is 24.3 Å². The smallest absolute Gasteiger partial charge is 0.338 e. The molecule has 1 saturated carbocycles. The molecule has 0 radical (unpaired) electrons. The van der Waals surface area contributed by atoms with E-state index in [-0.39, 0.29) is 17.2 Å². The first-order valence-electron chi connectivity index (χ1n) is 6.86. The number of methoxy groups -OCH3 is 1. The van der Waals surface area contributed by atoms with Crippen molar-refractivity contribution in [3.63, 3.8) is 0 Å². The average Bonchev–Trinajstić information content (AvgIpc) is 3.07. The Labute approximate surface area is 121 Å². The molecule has 0 bridgehead atoms. The molecule has 0 aromatic heterocycles. The summed E-state index contributed by atoms with van der Waals surface area (Å²) in [6.45, 7) is 0. The van der Waals surface area contributed by atoms with Gasteiger partial charge in [0.2, 0.25) is 0 Å². The fourth-order valence-corrected chi connectivity index (χ4v) is 2.89. The molecular formula is C15H15NO5. The summed E-state index contributed by atoms with van der Waals surface area (Å²) in [5.41, 5.74) is 0.509. The van der Waals surface area contributed by atoms with Gasteiger partial charge in [0.05, 0.1) is 23.1 Å². The van der Waals surface area contributed by atoms with Crippen molar-refractivity contribution in [3.05, 3.63) is 35.4 Å². The zero-order valence-electron chi connectivity index (χ0n) is 11.6. The van der Waals surface area contributed by atoms with Gasteiger partial charge in [-0.2, -0.15) is 0 Å². The number of benzene rings is 1. The van der Waals surface area contributed by atoms with E-state index in [1.54, 1.807) is 12.1 Å². The van der Waals surface area contributed by atoms with Crippen LogP contribution in [0.1, 0.15) is 40.0 Å². The van der Waals surface area contributed by atoms with Crippen LogP contribution in [0, 0.1) is 5.92 Å². The van der Waals surface area contributed by atoms with Crippen molar-refractivity contribution in [3.8, 4) is 0 Å². The van der Waals surface area contributed by atoms with Crippen LogP contribution in [-0.4, -0.2) is 36.1 Å². The molecule has 1 heterocycles. The van der Waals surface area contributed by atoms with Crippen molar-refractivity contribution in [2.24, 2.45) is 5.92 Å². The lowest BCUT2D eigenvalue weighted by Gasteiger charge is -2.19. The summed E-state index contributed by atoms with van der Waals surface area (Å²) in [5, 5.41) is 0.554. The molecule has 1 fully saturated rings. The molecule has 1 aliphatic heterocycles. The van der Waals surface area contributed by atoms with Gasteiger partial charge in [-0.25, -0.2) is 4.79 Å². The molecule has 2 amide bonds. The van der Waals surface area contributed by atoms with Crippen molar-refractivity contribution in [2.75, 3.05) is 7.11 Å². The number of carbonyl (C=O) groups excluding carboxylic acids is 3. The van der Waals surface area contributed by atoms with E-state index < -0.39 is 23.7 Å². The fraction of sp³-hybridized carbons (Fsp3) is 0.400. The number of fused-ring (bicyclic) bond motifs is 1. The topological polar surface area (TPSA) is 72.9 Å². The largest absolute Gasteiger partial charge is 0.381 e. The summed E-state index contributed by atoms with van der Waals surface area (Å²) in [7, 11) is 1.54. The highest BCUT2D eigenvalue weighted by molar-refractivity contribution is 6.20. The van der Waals surface area contributed by atoms with Crippen LogP contribution in [0.2, 0.25) is 0 Å². The standard InChI is InChI=1S/C15H15NO5/c1-20-12-8-4-7-11(12)15(19)21-16-13(17)9-5-2-3-6-10(9)14(16)18/h2-3,5-6,11-12H,4,7-8H2,1H3. The molecule has 2 aliphatic rings. The highest BCUT2D eigenvalue weighted by Crippen LogP contribution is 2.30. The van der Waals surface area contributed by atoms with Gasteiger partial charge >= 0.3 is 5.97 Å². The predicted octanol–water partition coefficient (Wildman–Crippen LogP) is 1.56. The number of hydrogen-bond acceptors (Lipinski definition) is 5. The van der Waals surface area contributed by atoms with Crippen LogP contribution >= 0.6 is 0 Å². The number of nitrogens with zero attached hydrogens (tertiary/aromatic N) is 1. The highest BCUT2D eigenvalue weighted by atomic mass is 16.7. The number of rotatable bonds is 3. The van der Waals surface area contributed by atoms with Gasteiger partial charge < -0.3 is 9.57 Å². The maximum Gasteiger partial charge on any atom is 0.338 e. The molecule has 3 rings (SSSR count). The minimum Gasteiger partial charge on any atom is -0.381 e. The van der Waals surface area contributed by atoms with Crippen molar-refractivity contribution >= 4 is 17.8 Å². The highest BCUT2D eigenvalue weighted by Gasteiger charge is 2.42. The zero-order valence-corrected chi connectivity index (χ0v) is 11.6. The second kappa shape index (κ2) is 5.29. The normalized spacial score (nSPS) is 24.3. The Morgan fingerprint density at radius 3 is 2.33 bits per heavy atom. The summed E-state index contributed by atoms with van der Waals surface area (Å²) >= 11 is 0. The monoisotopic (exact) mass is 289 g/mol. The number of ether oxygens (including phenoxy) is 1. The van der Waals surface area contributed by atoms with Crippen LogP contribution in [0.3, 0.4) is 0 Å². The third-order valence-corrected chi connectivity index (χ3v) is 4.00.